The fourth-order valence-corrected chi connectivity index (χ4v) is 3.08. The molecule has 0 amide bonds. The fourth-order valence-electron chi connectivity index (χ4n) is 1.53. The van der Waals surface area contributed by atoms with Gasteiger partial charge in [0, 0.05) is 11.1 Å². The lowest BCUT2D eigenvalue weighted by atomic mass is 10.4. The third-order valence-corrected chi connectivity index (χ3v) is 4.48. The van der Waals surface area contributed by atoms with Crippen molar-refractivity contribution in [3.63, 3.8) is 0 Å². The highest BCUT2D eigenvalue weighted by atomic mass is 35.7. The van der Waals surface area contributed by atoms with Gasteiger partial charge < -0.3 is 0 Å². The molecule has 0 aliphatic heterocycles. The first kappa shape index (κ1) is 13.9. The van der Waals surface area contributed by atoms with E-state index < -0.39 is 6.43 Å². The topological polar surface area (TPSA) is 56.0 Å². The molecular formula is C9H3Cl2F2N5S2. The molecule has 0 fully saturated rings. The van der Waals surface area contributed by atoms with Crippen molar-refractivity contribution in [1.29, 1.82) is 0 Å². The number of pyridine rings is 1. The first-order valence-electron chi connectivity index (χ1n) is 5.05. The summed E-state index contributed by atoms with van der Waals surface area (Å²) < 4.78 is 26.6. The van der Waals surface area contributed by atoms with E-state index in [2.05, 4.69) is 20.4 Å². The molecule has 3 aromatic rings. The second kappa shape index (κ2) is 5.40. The number of hydrogen-bond acceptors (Lipinski definition) is 6. The fraction of sp³-hybridized carbons (Fsp3) is 0.111. The molecule has 0 aliphatic carbocycles. The van der Waals surface area contributed by atoms with Crippen molar-refractivity contribution in [3.8, 4) is 10.8 Å². The third kappa shape index (κ3) is 2.34. The van der Waals surface area contributed by atoms with Gasteiger partial charge in [0.1, 0.15) is 0 Å². The van der Waals surface area contributed by atoms with E-state index in [1.807, 2.05) is 0 Å². The monoisotopic (exact) mass is 353 g/mol. The SMILES string of the molecule is FC(F)c1nnc(-c2nnc3c(Cl)cc(SCl)cn23)s1. The van der Waals surface area contributed by atoms with Crippen LogP contribution in [0.15, 0.2) is 17.2 Å². The number of halogens is 4. The van der Waals surface area contributed by atoms with Gasteiger partial charge in [-0.05, 0) is 27.7 Å². The molecule has 104 valence electrons. The number of fused-ring (bicyclic) bond motifs is 1. The summed E-state index contributed by atoms with van der Waals surface area (Å²) in [7, 11) is 6.66. The summed E-state index contributed by atoms with van der Waals surface area (Å²) in [6.07, 6.45) is -1.02. The minimum Gasteiger partial charge on any atom is -0.278 e. The van der Waals surface area contributed by atoms with Gasteiger partial charge in [0.25, 0.3) is 6.43 Å². The van der Waals surface area contributed by atoms with Crippen LogP contribution in [0.4, 0.5) is 8.78 Å². The molecule has 11 heteroatoms. The van der Waals surface area contributed by atoms with E-state index in [4.69, 9.17) is 22.3 Å². The highest BCUT2D eigenvalue weighted by molar-refractivity contribution is 8.21. The summed E-state index contributed by atoms with van der Waals surface area (Å²) in [5.74, 6) is 0.291. The summed E-state index contributed by atoms with van der Waals surface area (Å²) in [5, 5.41) is 15.2. The van der Waals surface area contributed by atoms with Gasteiger partial charge in [0.05, 0.1) is 5.02 Å². The van der Waals surface area contributed by atoms with Crippen molar-refractivity contribution in [3.05, 3.63) is 22.3 Å². The highest BCUT2D eigenvalue weighted by Crippen LogP contribution is 2.32. The minimum atomic E-state index is -2.67. The van der Waals surface area contributed by atoms with Crippen LogP contribution in [0.25, 0.3) is 16.5 Å². The molecule has 0 spiro atoms. The van der Waals surface area contributed by atoms with E-state index >= 15 is 0 Å². The lowest BCUT2D eigenvalue weighted by Crippen LogP contribution is -1.90. The molecule has 3 rings (SSSR count). The van der Waals surface area contributed by atoms with E-state index in [1.54, 1.807) is 16.7 Å². The molecule has 3 aromatic heterocycles. The Morgan fingerprint density at radius 3 is 2.70 bits per heavy atom. The van der Waals surface area contributed by atoms with Crippen LogP contribution in [-0.2, 0) is 0 Å². The van der Waals surface area contributed by atoms with Crippen LogP contribution in [0.1, 0.15) is 11.4 Å². The zero-order valence-electron chi connectivity index (χ0n) is 9.30. The smallest absolute Gasteiger partial charge is 0.278 e. The molecule has 3 heterocycles. The Balaban J connectivity index is 2.17. The van der Waals surface area contributed by atoms with Crippen LogP contribution in [-0.4, -0.2) is 24.8 Å². The van der Waals surface area contributed by atoms with Gasteiger partial charge in [-0.3, -0.25) is 4.40 Å². The summed E-state index contributed by atoms with van der Waals surface area (Å²) in [5.41, 5.74) is 0.393. The van der Waals surface area contributed by atoms with Gasteiger partial charge in [0.2, 0.25) is 0 Å². The largest absolute Gasteiger partial charge is 0.291 e. The Hall–Kier alpha value is -1.03. The van der Waals surface area contributed by atoms with E-state index in [0.29, 0.717) is 21.4 Å². The molecular weight excluding hydrogens is 351 g/mol. The summed E-state index contributed by atoms with van der Waals surface area (Å²) in [4.78, 5) is 0.670. The average molecular weight is 354 g/mol. The summed E-state index contributed by atoms with van der Waals surface area (Å²) in [6.45, 7) is 0. The maximum Gasteiger partial charge on any atom is 0.291 e. The molecule has 0 N–H and O–H groups in total. The van der Waals surface area contributed by atoms with Gasteiger partial charge in [0.15, 0.2) is 21.5 Å². The molecule has 5 nitrogen and oxygen atoms in total. The third-order valence-electron chi connectivity index (χ3n) is 2.34. The number of alkyl halides is 2. The molecule has 0 aromatic carbocycles. The molecule has 0 atom stereocenters. The Morgan fingerprint density at radius 1 is 1.25 bits per heavy atom. The first-order chi connectivity index (χ1) is 9.60. The van der Waals surface area contributed by atoms with Crippen LogP contribution >= 0.6 is 44.6 Å². The zero-order chi connectivity index (χ0) is 14.3. The van der Waals surface area contributed by atoms with Gasteiger partial charge >= 0.3 is 0 Å². The maximum absolute atomic E-state index is 12.5. The molecule has 0 radical (unpaired) electrons. The Bertz CT molecular complexity index is 775. The van der Waals surface area contributed by atoms with Crippen LogP contribution < -0.4 is 0 Å². The second-order valence-electron chi connectivity index (χ2n) is 3.56. The number of aromatic nitrogens is 5. The maximum atomic E-state index is 12.5. The van der Waals surface area contributed by atoms with Crippen LogP contribution in [0, 0.1) is 0 Å². The van der Waals surface area contributed by atoms with Crippen molar-refractivity contribution in [2.24, 2.45) is 0 Å². The van der Waals surface area contributed by atoms with Gasteiger partial charge in [-0.15, -0.1) is 20.4 Å². The zero-order valence-corrected chi connectivity index (χ0v) is 12.4. The minimum absolute atomic E-state index is 0.237. The van der Waals surface area contributed by atoms with Crippen molar-refractivity contribution in [2.45, 2.75) is 11.3 Å². The van der Waals surface area contributed by atoms with Crippen LogP contribution in [0.3, 0.4) is 0 Å². The summed E-state index contributed by atoms with van der Waals surface area (Å²) >= 11 is 6.80. The quantitative estimate of drug-likeness (QED) is 0.709. The molecule has 0 aliphatic rings. The number of nitrogens with zero attached hydrogens (tertiary/aromatic N) is 5. The van der Waals surface area contributed by atoms with Crippen molar-refractivity contribution in [1.82, 2.24) is 24.8 Å². The second-order valence-corrected chi connectivity index (χ2v) is 6.07. The van der Waals surface area contributed by atoms with Gasteiger partial charge in [-0.2, -0.15) is 0 Å². The molecule has 0 saturated heterocycles. The Morgan fingerprint density at radius 2 is 2.05 bits per heavy atom. The van der Waals surface area contributed by atoms with E-state index in [1.165, 1.54) is 0 Å². The Kier molecular flexibility index (Phi) is 3.76. The predicted octanol–water partition coefficient (Wildman–Crippen LogP) is 4.08. The molecule has 0 bridgehead atoms. The molecule has 0 saturated carbocycles. The van der Waals surface area contributed by atoms with Crippen molar-refractivity contribution < 1.29 is 8.78 Å². The normalized spacial score (nSPS) is 11.7. The van der Waals surface area contributed by atoms with E-state index in [-0.39, 0.29) is 10.0 Å². The number of hydrogen-bond donors (Lipinski definition) is 0. The van der Waals surface area contributed by atoms with Crippen molar-refractivity contribution in [2.75, 3.05) is 0 Å². The van der Waals surface area contributed by atoms with E-state index in [9.17, 15) is 8.78 Å². The summed E-state index contributed by atoms with van der Waals surface area (Å²) in [6, 6.07) is 1.64. The van der Waals surface area contributed by atoms with Gasteiger partial charge in [-0.25, -0.2) is 8.78 Å². The lowest BCUT2D eigenvalue weighted by molar-refractivity contribution is 0.150. The molecule has 0 unspecified atom stereocenters. The lowest BCUT2D eigenvalue weighted by Gasteiger charge is -2.00. The average Bonchev–Trinajstić information content (AvgIpc) is 3.04. The number of rotatable bonds is 3. The van der Waals surface area contributed by atoms with Crippen molar-refractivity contribution >= 4 is 50.2 Å². The molecule has 20 heavy (non-hydrogen) atoms. The van der Waals surface area contributed by atoms with Crippen LogP contribution in [0.2, 0.25) is 5.02 Å². The van der Waals surface area contributed by atoms with Crippen LogP contribution in [0.5, 0.6) is 0 Å². The first-order valence-corrected chi connectivity index (χ1v) is 7.88. The van der Waals surface area contributed by atoms with E-state index in [0.717, 1.165) is 22.3 Å². The standard InChI is InChI=1S/C9H3Cl2F2N5S2/c10-4-1-3(20-11)2-18-6(4)14-15-7(18)9-17-16-8(19-9)5(12)13/h1-2,5H. The van der Waals surface area contributed by atoms with Gasteiger partial charge in [-0.1, -0.05) is 22.9 Å². The predicted molar refractivity (Wildman–Crippen MR) is 73.6 cm³/mol. The Labute approximate surface area is 128 Å². The highest BCUT2D eigenvalue weighted by Gasteiger charge is 2.19.